The topological polar surface area (TPSA) is 53.3 Å². The zero-order valence-electron chi connectivity index (χ0n) is 15.6. The first-order valence-corrected chi connectivity index (χ1v) is 9.16. The molecular weight excluding hydrogens is 331 g/mol. The van der Waals surface area contributed by atoms with Gasteiger partial charge in [0.2, 0.25) is 0 Å². The van der Waals surface area contributed by atoms with Crippen LogP contribution >= 0.6 is 0 Å². The molecule has 0 N–H and O–H groups in total. The molecule has 0 radical (unpaired) electrons. The fraction of sp³-hybridized carbons (Fsp3) is 0.524. The predicted octanol–water partition coefficient (Wildman–Crippen LogP) is 4.73. The lowest BCUT2D eigenvalue weighted by atomic mass is 9.83. The second kappa shape index (κ2) is 7.11. The molecule has 1 saturated heterocycles. The van der Waals surface area contributed by atoms with E-state index in [-0.39, 0.29) is 24.0 Å². The van der Waals surface area contributed by atoms with E-state index in [4.69, 9.17) is 10.00 Å². The van der Waals surface area contributed by atoms with Crippen molar-refractivity contribution in [2.24, 2.45) is 0 Å². The number of fused-ring (bicyclic) bond motifs is 2. The molecule has 1 amide bonds. The quantitative estimate of drug-likeness (QED) is 0.720. The first-order chi connectivity index (χ1) is 12.3. The molecule has 2 atom stereocenters. The van der Waals surface area contributed by atoms with Gasteiger partial charge in [-0.15, -0.1) is 0 Å². The third-order valence-electron chi connectivity index (χ3n) is 4.92. The van der Waals surface area contributed by atoms with Crippen molar-refractivity contribution in [3.63, 3.8) is 0 Å². The van der Waals surface area contributed by atoms with E-state index in [0.717, 1.165) is 31.3 Å². The average Bonchev–Trinajstić information content (AvgIpc) is 2.54. The Bertz CT molecular complexity index is 773. The highest BCUT2D eigenvalue weighted by molar-refractivity contribution is 5.70. The lowest BCUT2D eigenvalue weighted by molar-refractivity contribution is -0.00151. The zero-order valence-corrected chi connectivity index (χ0v) is 15.6. The Morgan fingerprint density at radius 3 is 2.77 bits per heavy atom. The number of halogens is 1. The van der Waals surface area contributed by atoms with Crippen molar-refractivity contribution in [1.82, 2.24) is 4.90 Å². The molecule has 0 aliphatic carbocycles. The maximum atomic E-state index is 14.2. The summed E-state index contributed by atoms with van der Waals surface area (Å²) in [5.74, 6) is -0.343. The van der Waals surface area contributed by atoms with E-state index < -0.39 is 5.60 Å². The van der Waals surface area contributed by atoms with E-state index in [9.17, 15) is 9.18 Å². The third-order valence-corrected chi connectivity index (χ3v) is 4.92. The molecule has 2 aliphatic heterocycles. The van der Waals surface area contributed by atoms with Gasteiger partial charge in [0, 0.05) is 6.04 Å². The van der Waals surface area contributed by atoms with Crippen LogP contribution in [0.4, 0.5) is 9.18 Å². The number of piperidine rings is 1. The van der Waals surface area contributed by atoms with Crippen LogP contribution in [0.5, 0.6) is 0 Å². The number of rotatable bonds is 2. The molecule has 1 aromatic rings. The molecule has 2 heterocycles. The molecule has 138 valence electrons. The van der Waals surface area contributed by atoms with Gasteiger partial charge in [0.25, 0.3) is 0 Å². The van der Waals surface area contributed by atoms with Crippen LogP contribution in [-0.4, -0.2) is 28.7 Å². The van der Waals surface area contributed by atoms with Gasteiger partial charge in [0.1, 0.15) is 11.4 Å². The Kier molecular flexibility index (Phi) is 5.04. The highest BCUT2D eigenvalue weighted by Gasteiger charge is 2.39. The Hall–Kier alpha value is -2.35. The van der Waals surface area contributed by atoms with Crippen molar-refractivity contribution in [2.75, 3.05) is 0 Å². The van der Waals surface area contributed by atoms with Gasteiger partial charge in [-0.05, 0) is 70.6 Å². The van der Waals surface area contributed by atoms with E-state index in [1.165, 1.54) is 6.07 Å². The molecule has 1 aromatic carbocycles. The first kappa shape index (κ1) is 18.4. The first-order valence-electron chi connectivity index (χ1n) is 9.16. The van der Waals surface area contributed by atoms with E-state index in [2.05, 4.69) is 6.08 Å². The van der Waals surface area contributed by atoms with Crippen LogP contribution in [0.25, 0.3) is 0 Å². The molecule has 0 spiro atoms. The van der Waals surface area contributed by atoms with Gasteiger partial charge < -0.3 is 4.74 Å². The predicted molar refractivity (Wildman–Crippen MR) is 97.0 cm³/mol. The number of hydrogen-bond donors (Lipinski definition) is 0. The standard InChI is InChI=1S/C21H25FN2O2/c1-21(2,3)26-20(25)24-17-5-4-6-18(24)11-15(10-17)9-16-8-7-14(13-23)12-19(16)22/h7-8,10,12,17-18H,4-6,9,11H2,1-3H3. The normalized spacial score (nSPS) is 22.4. The average molecular weight is 356 g/mol. The number of carbonyl (C=O) groups is 1. The summed E-state index contributed by atoms with van der Waals surface area (Å²) in [5.41, 5.74) is 1.57. The molecule has 2 unspecified atom stereocenters. The van der Waals surface area contributed by atoms with E-state index >= 15 is 0 Å². The highest BCUT2D eigenvalue weighted by atomic mass is 19.1. The number of carbonyl (C=O) groups excluding carboxylic acids is 1. The van der Waals surface area contributed by atoms with Gasteiger partial charge in [0.15, 0.2) is 0 Å². The molecule has 2 bridgehead atoms. The number of amides is 1. The smallest absolute Gasteiger partial charge is 0.411 e. The van der Waals surface area contributed by atoms with Gasteiger partial charge in [0.05, 0.1) is 17.7 Å². The fourth-order valence-electron chi connectivity index (χ4n) is 3.85. The summed E-state index contributed by atoms with van der Waals surface area (Å²) in [6.45, 7) is 5.62. The summed E-state index contributed by atoms with van der Waals surface area (Å²) in [7, 11) is 0. The maximum absolute atomic E-state index is 14.2. The SMILES string of the molecule is CC(C)(C)OC(=O)N1C2C=C(Cc3ccc(C#N)cc3F)CC1CCC2. The van der Waals surface area contributed by atoms with E-state index in [1.807, 2.05) is 31.7 Å². The van der Waals surface area contributed by atoms with Crippen molar-refractivity contribution >= 4 is 6.09 Å². The Morgan fingerprint density at radius 1 is 1.38 bits per heavy atom. The molecule has 0 aromatic heterocycles. The summed E-state index contributed by atoms with van der Waals surface area (Å²) in [4.78, 5) is 14.5. The third kappa shape index (κ3) is 4.07. The fourth-order valence-corrected chi connectivity index (χ4v) is 3.85. The molecule has 1 fully saturated rings. The molecule has 26 heavy (non-hydrogen) atoms. The van der Waals surface area contributed by atoms with Gasteiger partial charge in [-0.3, -0.25) is 4.90 Å². The number of benzene rings is 1. The minimum atomic E-state index is -0.513. The van der Waals surface area contributed by atoms with Crippen molar-refractivity contribution in [2.45, 2.75) is 70.6 Å². The second-order valence-electron chi connectivity index (χ2n) is 8.16. The monoisotopic (exact) mass is 356 g/mol. The highest BCUT2D eigenvalue weighted by Crippen LogP contribution is 2.35. The maximum Gasteiger partial charge on any atom is 0.411 e. The largest absolute Gasteiger partial charge is 0.444 e. The molecule has 0 saturated carbocycles. The van der Waals surface area contributed by atoms with Crippen LogP contribution in [0.15, 0.2) is 29.8 Å². The van der Waals surface area contributed by atoms with Crippen LogP contribution in [0.3, 0.4) is 0 Å². The van der Waals surface area contributed by atoms with Crippen molar-refractivity contribution in [1.29, 1.82) is 5.26 Å². The van der Waals surface area contributed by atoms with Crippen LogP contribution in [0.2, 0.25) is 0 Å². The van der Waals surface area contributed by atoms with E-state index in [1.54, 1.807) is 12.1 Å². The van der Waals surface area contributed by atoms with Crippen molar-refractivity contribution in [3.8, 4) is 6.07 Å². The van der Waals surface area contributed by atoms with Crippen LogP contribution in [0, 0.1) is 17.1 Å². The molecular formula is C21H25FN2O2. The van der Waals surface area contributed by atoms with Gasteiger partial charge in [-0.2, -0.15) is 5.26 Å². The summed E-state index contributed by atoms with van der Waals surface area (Å²) in [6.07, 6.45) is 6.06. The number of nitriles is 1. The number of nitrogens with zero attached hydrogens (tertiary/aromatic N) is 2. The summed E-state index contributed by atoms with van der Waals surface area (Å²) in [5, 5.41) is 8.87. The van der Waals surface area contributed by atoms with Crippen LogP contribution in [0.1, 0.15) is 57.6 Å². The molecule has 4 nitrogen and oxygen atoms in total. The lowest BCUT2D eigenvalue weighted by Gasteiger charge is -2.45. The zero-order chi connectivity index (χ0) is 18.9. The Morgan fingerprint density at radius 2 is 2.15 bits per heavy atom. The molecule has 5 heteroatoms. The summed E-state index contributed by atoms with van der Waals surface area (Å²) < 4.78 is 19.8. The van der Waals surface area contributed by atoms with Gasteiger partial charge in [-0.25, -0.2) is 9.18 Å². The summed E-state index contributed by atoms with van der Waals surface area (Å²) in [6, 6.07) is 6.71. The minimum Gasteiger partial charge on any atom is -0.444 e. The Balaban J connectivity index is 1.78. The molecule has 3 rings (SSSR count). The number of ether oxygens (including phenoxy) is 1. The van der Waals surface area contributed by atoms with Crippen LogP contribution in [-0.2, 0) is 11.2 Å². The Labute approximate surface area is 154 Å². The van der Waals surface area contributed by atoms with Gasteiger partial charge >= 0.3 is 6.09 Å². The summed E-state index contributed by atoms with van der Waals surface area (Å²) >= 11 is 0. The number of hydrogen-bond acceptors (Lipinski definition) is 3. The molecule has 2 aliphatic rings. The van der Waals surface area contributed by atoms with Crippen molar-refractivity contribution < 1.29 is 13.9 Å². The van der Waals surface area contributed by atoms with Gasteiger partial charge in [-0.1, -0.05) is 17.7 Å². The van der Waals surface area contributed by atoms with Crippen molar-refractivity contribution in [3.05, 3.63) is 46.8 Å². The second-order valence-corrected chi connectivity index (χ2v) is 8.16. The van der Waals surface area contributed by atoms with E-state index in [0.29, 0.717) is 17.5 Å². The minimum absolute atomic E-state index is 0.0220. The lowest BCUT2D eigenvalue weighted by Crippen LogP contribution is -2.53. The van der Waals surface area contributed by atoms with Crippen LogP contribution < -0.4 is 0 Å².